The van der Waals surface area contributed by atoms with Gasteiger partial charge in [0.15, 0.2) is 0 Å². The van der Waals surface area contributed by atoms with Gasteiger partial charge in [-0.1, -0.05) is 31.5 Å². The second-order valence-corrected chi connectivity index (χ2v) is 5.89. The van der Waals surface area contributed by atoms with Crippen LogP contribution in [0.3, 0.4) is 0 Å². The van der Waals surface area contributed by atoms with Crippen LogP contribution >= 0.6 is 0 Å². The molecule has 0 atom stereocenters. The Morgan fingerprint density at radius 1 is 1.04 bits per heavy atom. The van der Waals surface area contributed by atoms with E-state index in [9.17, 15) is 9.59 Å². The molecule has 3 rings (SSSR count). The van der Waals surface area contributed by atoms with Crippen molar-refractivity contribution in [1.82, 2.24) is 9.55 Å². The minimum Gasteiger partial charge on any atom is -0.462 e. The van der Waals surface area contributed by atoms with Gasteiger partial charge in [-0.2, -0.15) is 0 Å². The second-order valence-electron chi connectivity index (χ2n) is 5.89. The van der Waals surface area contributed by atoms with Gasteiger partial charge in [0.1, 0.15) is 17.8 Å². The van der Waals surface area contributed by atoms with Crippen LogP contribution in [0.2, 0.25) is 0 Å². The van der Waals surface area contributed by atoms with Crippen LogP contribution in [0, 0.1) is 0 Å². The summed E-state index contributed by atoms with van der Waals surface area (Å²) in [5, 5.41) is 0. The maximum atomic E-state index is 12.7. The van der Waals surface area contributed by atoms with E-state index in [1.54, 1.807) is 12.1 Å². The molecule has 3 aromatic rings. The zero-order chi connectivity index (χ0) is 19.1. The van der Waals surface area contributed by atoms with Crippen LogP contribution in [-0.4, -0.2) is 28.0 Å². The Morgan fingerprint density at radius 2 is 1.85 bits per heavy atom. The molecule has 0 saturated carbocycles. The molecule has 0 bridgehead atoms. The van der Waals surface area contributed by atoms with Crippen LogP contribution in [-0.2, 0) is 4.74 Å². The topological polar surface area (TPSA) is 70.4 Å². The van der Waals surface area contributed by atoms with Gasteiger partial charge in [0, 0.05) is 12.4 Å². The van der Waals surface area contributed by atoms with Crippen molar-refractivity contribution in [2.24, 2.45) is 0 Å². The summed E-state index contributed by atoms with van der Waals surface area (Å²) in [6, 6.07) is 14.0. The number of carbonyl (C=O) groups is 2. The minimum atomic E-state index is -0.551. The highest BCUT2D eigenvalue weighted by atomic mass is 16.5. The summed E-state index contributed by atoms with van der Waals surface area (Å²) < 4.78 is 12.4. The van der Waals surface area contributed by atoms with E-state index < -0.39 is 5.97 Å². The lowest BCUT2D eigenvalue weighted by Crippen LogP contribution is -2.17. The molecule has 0 N–H and O–H groups in total. The zero-order valence-corrected chi connectivity index (χ0v) is 15.0. The molecule has 0 aliphatic carbocycles. The minimum absolute atomic E-state index is 0.165. The third-order valence-corrected chi connectivity index (χ3v) is 3.89. The van der Waals surface area contributed by atoms with Crippen molar-refractivity contribution >= 4 is 11.9 Å². The van der Waals surface area contributed by atoms with Crippen LogP contribution in [0.5, 0.6) is 11.5 Å². The van der Waals surface area contributed by atoms with E-state index in [1.807, 2.05) is 37.3 Å². The van der Waals surface area contributed by atoms with Gasteiger partial charge in [-0.15, -0.1) is 0 Å². The first-order valence-electron chi connectivity index (χ1n) is 8.75. The number of ether oxygens (including phenoxy) is 2. The molecule has 6 nitrogen and oxygen atoms in total. The second kappa shape index (κ2) is 8.80. The number of benzene rings is 2. The molecular formula is C21H20N2O4. The Bertz CT molecular complexity index is 905. The van der Waals surface area contributed by atoms with Gasteiger partial charge in [-0.25, -0.2) is 9.78 Å². The fourth-order valence-corrected chi connectivity index (χ4v) is 2.47. The predicted octanol–water partition coefficient (Wildman–Crippen LogP) is 4.32. The molecule has 0 amide bonds. The standard InChI is InChI=1S/C21H20N2O4/c1-2-3-13-26-21(25)19-14-17(27-16-7-5-4-6-8-16)9-10-18(19)20(24)23-12-11-22-15-23/h4-12,14-15H,2-3,13H2,1H3. The zero-order valence-electron chi connectivity index (χ0n) is 15.0. The highest BCUT2D eigenvalue weighted by Gasteiger charge is 2.20. The lowest BCUT2D eigenvalue weighted by Gasteiger charge is -2.12. The molecule has 0 saturated heterocycles. The van der Waals surface area contributed by atoms with Crippen molar-refractivity contribution in [2.75, 3.05) is 6.61 Å². The van der Waals surface area contributed by atoms with Crippen molar-refractivity contribution in [2.45, 2.75) is 19.8 Å². The summed E-state index contributed by atoms with van der Waals surface area (Å²) >= 11 is 0. The number of carbonyl (C=O) groups excluding carboxylic acids is 2. The number of hydrogen-bond acceptors (Lipinski definition) is 5. The van der Waals surface area contributed by atoms with Crippen LogP contribution in [0.15, 0.2) is 67.3 Å². The van der Waals surface area contributed by atoms with Gasteiger partial charge in [0.2, 0.25) is 0 Å². The maximum absolute atomic E-state index is 12.7. The largest absolute Gasteiger partial charge is 0.462 e. The predicted molar refractivity (Wildman–Crippen MR) is 100 cm³/mol. The van der Waals surface area contributed by atoms with Crippen molar-refractivity contribution in [3.05, 3.63) is 78.4 Å². The van der Waals surface area contributed by atoms with Crippen molar-refractivity contribution < 1.29 is 19.1 Å². The van der Waals surface area contributed by atoms with Crippen LogP contribution in [0.4, 0.5) is 0 Å². The SMILES string of the molecule is CCCCOC(=O)c1cc(Oc2ccccc2)ccc1C(=O)n1ccnc1. The lowest BCUT2D eigenvalue weighted by molar-refractivity contribution is 0.0496. The molecule has 0 radical (unpaired) electrons. The van der Waals surface area contributed by atoms with E-state index in [2.05, 4.69) is 4.98 Å². The number of rotatable bonds is 7. The first-order valence-corrected chi connectivity index (χ1v) is 8.75. The van der Waals surface area contributed by atoms with Gasteiger partial charge in [-0.05, 0) is 36.8 Å². The van der Waals surface area contributed by atoms with Crippen molar-refractivity contribution in [1.29, 1.82) is 0 Å². The monoisotopic (exact) mass is 364 g/mol. The first-order chi connectivity index (χ1) is 13.2. The van der Waals surface area contributed by atoms with Gasteiger partial charge in [0.25, 0.3) is 5.91 Å². The Balaban J connectivity index is 1.92. The smallest absolute Gasteiger partial charge is 0.339 e. The lowest BCUT2D eigenvalue weighted by atomic mass is 10.1. The highest BCUT2D eigenvalue weighted by Crippen LogP contribution is 2.25. The Labute approximate surface area is 157 Å². The molecule has 0 fully saturated rings. The average Bonchev–Trinajstić information content (AvgIpc) is 3.23. The number of aromatic nitrogens is 2. The van der Waals surface area contributed by atoms with E-state index in [0.29, 0.717) is 18.1 Å². The Morgan fingerprint density at radius 3 is 2.56 bits per heavy atom. The number of para-hydroxylation sites is 1. The van der Waals surface area contributed by atoms with Crippen molar-refractivity contribution in [3.63, 3.8) is 0 Å². The molecule has 1 aromatic heterocycles. The summed E-state index contributed by atoms with van der Waals surface area (Å²) in [6.45, 7) is 2.31. The van der Waals surface area contributed by atoms with Crippen LogP contribution in [0.1, 0.15) is 40.5 Å². The number of hydrogen-bond donors (Lipinski definition) is 0. The quantitative estimate of drug-likeness (QED) is 0.461. The third kappa shape index (κ3) is 4.61. The fourth-order valence-electron chi connectivity index (χ4n) is 2.47. The van der Waals surface area contributed by atoms with Crippen molar-refractivity contribution in [3.8, 4) is 11.5 Å². The molecule has 2 aromatic carbocycles. The number of imidazole rings is 1. The summed E-state index contributed by atoms with van der Waals surface area (Å²) in [7, 11) is 0. The maximum Gasteiger partial charge on any atom is 0.339 e. The Hall–Kier alpha value is -3.41. The van der Waals surface area contributed by atoms with E-state index in [1.165, 1.54) is 29.4 Å². The summed E-state index contributed by atoms with van der Waals surface area (Å²) in [6.07, 6.45) is 6.10. The normalized spacial score (nSPS) is 10.4. The van der Waals surface area contributed by atoms with E-state index in [4.69, 9.17) is 9.47 Å². The fraction of sp³-hybridized carbons (Fsp3) is 0.190. The molecule has 0 aliphatic heterocycles. The van der Waals surface area contributed by atoms with Gasteiger partial charge in [-0.3, -0.25) is 9.36 Å². The number of esters is 1. The number of unbranched alkanes of at least 4 members (excludes halogenated alkanes) is 1. The molecular weight excluding hydrogens is 344 g/mol. The third-order valence-electron chi connectivity index (χ3n) is 3.89. The molecule has 0 spiro atoms. The molecule has 27 heavy (non-hydrogen) atoms. The van der Waals surface area contributed by atoms with Gasteiger partial charge in [0.05, 0.1) is 17.7 Å². The summed E-state index contributed by atoms with van der Waals surface area (Å²) in [5.74, 6) is 0.175. The van der Waals surface area contributed by atoms with Gasteiger partial charge < -0.3 is 9.47 Å². The number of nitrogens with zero attached hydrogens (tertiary/aromatic N) is 2. The Kier molecular flexibility index (Phi) is 5.99. The van der Waals surface area contributed by atoms with E-state index in [-0.39, 0.29) is 17.0 Å². The van der Waals surface area contributed by atoms with E-state index >= 15 is 0 Å². The first kappa shape index (κ1) is 18.4. The van der Waals surface area contributed by atoms with Crippen LogP contribution < -0.4 is 4.74 Å². The van der Waals surface area contributed by atoms with Crippen LogP contribution in [0.25, 0.3) is 0 Å². The molecule has 138 valence electrons. The molecule has 0 aliphatic rings. The van der Waals surface area contributed by atoms with Gasteiger partial charge >= 0.3 is 5.97 Å². The summed E-state index contributed by atoms with van der Waals surface area (Å²) in [4.78, 5) is 29.1. The average molecular weight is 364 g/mol. The highest BCUT2D eigenvalue weighted by molar-refractivity contribution is 6.06. The van der Waals surface area contributed by atoms with E-state index in [0.717, 1.165) is 12.8 Å². The summed E-state index contributed by atoms with van der Waals surface area (Å²) in [5.41, 5.74) is 0.396. The molecule has 1 heterocycles. The molecule has 0 unspecified atom stereocenters. The molecule has 6 heteroatoms.